The standard InChI is InChI=1S/C10H11N3O4/c1-11-6-4-9(16)13(10(6)17)5-12-7(14)2-3-8(12)15/h2-3,6,11H,4-5H2,1H3. The summed E-state index contributed by atoms with van der Waals surface area (Å²) in [7, 11) is 1.58. The van der Waals surface area contributed by atoms with Crippen molar-refractivity contribution in [3.05, 3.63) is 12.2 Å². The van der Waals surface area contributed by atoms with E-state index in [1.807, 2.05) is 0 Å². The molecule has 17 heavy (non-hydrogen) atoms. The smallest absolute Gasteiger partial charge is 0.255 e. The molecule has 1 N–H and O–H groups in total. The predicted octanol–water partition coefficient (Wildman–Crippen LogP) is -1.78. The fourth-order valence-corrected chi connectivity index (χ4v) is 1.77. The molecule has 2 heterocycles. The summed E-state index contributed by atoms with van der Waals surface area (Å²) >= 11 is 0. The molecule has 2 aliphatic heterocycles. The molecule has 1 atom stereocenters. The van der Waals surface area contributed by atoms with Crippen molar-refractivity contribution in [3.8, 4) is 0 Å². The molecule has 0 radical (unpaired) electrons. The van der Waals surface area contributed by atoms with Crippen LogP contribution in [0.1, 0.15) is 6.42 Å². The fraction of sp³-hybridized carbons (Fsp3) is 0.400. The minimum atomic E-state index is -0.566. The number of rotatable bonds is 3. The Balaban J connectivity index is 2.09. The third-order valence-corrected chi connectivity index (χ3v) is 2.78. The van der Waals surface area contributed by atoms with E-state index in [-0.39, 0.29) is 19.0 Å². The Labute approximate surface area is 97.0 Å². The van der Waals surface area contributed by atoms with Gasteiger partial charge >= 0.3 is 0 Å². The summed E-state index contributed by atoms with van der Waals surface area (Å²) in [5.41, 5.74) is 0. The van der Waals surface area contributed by atoms with Crippen LogP contribution in [-0.4, -0.2) is 53.2 Å². The lowest BCUT2D eigenvalue weighted by atomic mass is 10.2. The number of amides is 4. The second-order valence-electron chi connectivity index (χ2n) is 3.78. The zero-order valence-electron chi connectivity index (χ0n) is 9.17. The minimum Gasteiger partial charge on any atom is -0.308 e. The van der Waals surface area contributed by atoms with Crippen LogP contribution in [-0.2, 0) is 19.2 Å². The van der Waals surface area contributed by atoms with Crippen LogP contribution in [0.15, 0.2) is 12.2 Å². The van der Waals surface area contributed by atoms with Crippen molar-refractivity contribution in [2.75, 3.05) is 13.7 Å². The van der Waals surface area contributed by atoms with Gasteiger partial charge in [-0.2, -0.15) is 0 Å². The van der Waals surface area contributed by atoms with Crippen LogP contribution in [0.3, 0.4) is 0 Å². The molecular formula is C10H11N3O4. The highest BCUT2D eigenvalue weighted by Crippen LogP contribution is 2.15. The number of hydrogen-bond donors (Lipinski definition) is 1. The van der Waals surface area contributed by atoms with Gasteiger partial charge in [0.15, 0.2) is 0 Å². The third-order valence-electron chi connectivity index (χ3n) is 2.78. The third kappa shape index (κ3) is 1.84. The molecule has 0 spiro atoms. The van der Waals surface area contributed by atoms with Gasteiger partial charge in [-0.3, -0.25) is 29.0 Å². The Bertz CT molecular complexity index is 425. The first-order chi connectivity index (χ1) is 8.04. The molecule has 7 heteroatoms. The van der Waals surface area contributed by atoms with Crippen LogP contribution in [0.25, 0.3) is 0 Å². The molecule has 2 rings (SSSR count). The molecule has 4 amide bonds. The van der Waals surface area contributed by atoms with E-state index in [9.17, 15) is 19.2 Å². The maximum absolute atomic E-state index is 11.7. The zero-order chi connectivity index (χ0) is 12.6. The first kappa shape index (κ1) is 11.5. The van der Waals surface area contributed by atoms with Crippen molar-refractivity contribution in [3.63, 3.8) is 0 Å². The fourth-order valence-electron chi connectivity index (χ4n) is 1.77. The van der Waals surface area contributed by atoms with E-state index in [0.29, 0.717) is 0 Å². The van der Waals surface area contributed by atoms with Crippen molar-refractivity contribution in [2.24, 2.45) is 0 Å². The van der Waals surface area contributed by atoms with Gasteiger partial charge < -0.3 is 5.32 Å². The van der Waals surface area contributed by atoms with Gasteiger partial charge in [0.25, 0.3) is 11.8 Å². The van der Waals surface area contributed by atoms with Crippen molar-refractivity contribution >= 4 is 23.6 Å². The van der Waals surface area contributed by atoms with Gasteiger partial charge in [-0.25, -0.2) is 0 Å². The second-order valence-corrected chi connectivity index (χ2v) is 3.78. The van der Waals surface area contributed by atoms with E-state index < -0.39 is 23.8 Å². The van der Waals surface area contributed by atoms with Crippen LogP contribution in [0, 0.1) is 0 Å². The normalized spacial score (nSPS) is 24.4. The molecule has 0 aromatic heterocycles. The lowest BCUT2D eigenvalue weighted by Crippen LogP contribution is -2.45. The highest BCUT2D eigenvalue weighted by atomic mass is 16.2. The second kappa shape index (κ2) is 4.10. The highest BCUT2D eigenvalue weighted by molar-refractivity contribution is 6.13. The summed E-state index contributed by atoms with van der Waals surface area (Å²) in [6.45, 7) is -0.305. The Morgan fingerprint density at radius 2 is 1.76 bits per heavy atom. The van der Waals surface area contributed by atoms with Crippen LogP contribution >= 0.6 is 0 Å². The number of carbonyl (C=O) groups excluding carboxylic acids is 4. The summed E-state index contributed by atoms with van der Waals surface area (Å²) in [6, 6.07) is -0.566. The molecule has 90 valence electrons. The van der Waals surface area contributed by atoms with Gasteiger partial charge in [0.05, 0.1) is 12.5 Å². The topological polar surface area (TPSA) is 86.8 Å². The van der Waals surface area contributed by atoms with Crippen LogP contribution < -0.4 is 5.32 Å². The van der Waals surface area contributed by atoms with E-state index in [0.717, 1.165) is 22.0 Å². The van der Waals surface area contributed by atoms with Crippen molar-refractivity contribution in [1.29, 1.82) is 0 Å². The Hall–Kier alpha value is -2.02. The summed E-state index contributed by atoms with van der Waals surface area (Å²) in [6.07, 6.45) is 2.28. The molecule has 7 nitrogen and oxygen atoms in total. The van der Waals surface area contributed by atoms with Gasteiger partial charge in [-0.1, -0.05) is 0 Å². The lowest BCUT2D eigenvalue weighted by molar-refractivity contribution is -0.146. The van der Waals surface area contributed by atoms with Gasteiger partial charge in [0, 0.05) is 12.2 Å². The molecule has 0 saturated carbocycles. The van der Waals surface area contributed by atoms with E-state index >= 15 is 0 Å². The Morgan fingerprint density at radius 3 is 2.24 bits per heavy atom. The Morgan fingerprint density at radius 1 is 1.18 bits per heavy atom. The monoisotopic (exact) mass is 237 g/mol. The number of imide groups is 2. The Kier molecular flexibility index (Phi) is 2.76. The number of carbonyl (C=O) groups is 4. The van der Waals surface area contributed by atoms with Crippen LogP contribution in [0.4, 0.5) is 0 Å². The van der Waals surface area contributed by atoms with Crippen molar-refractivity contribution in [2.45, 2.75) is 12.5 Å². The van der Waals surface area contributed by atoms with E-state index in [4.69, 9.17) is 0 Å². The van der Waals surface area contributed by atoms with E-state index in [2.05, 4.69) is 5.32 Å². The summed E-state index contributed by atoms with van der Waals surface area (Å²) in [5.74, 6) is -1.82. The van der Waals surface area contributed by atoms with Crippen LogP contribution in [0.2, 0.25) is 0 Å². The number of likely N-dealkylation sites (N-methyl/N-ethyl adjacent to an activating group) is 1. The first-order valence-electron chi connectivity index (χ1n) is 5.09. The lowest BCUT2D eigenvalue weighted by Gasteiger charge is -2.21. The molecule has 0 bridgehead atoms. The molecule has 2 aliphatic rings. The number of nitrogens with one attached hydrogen (secondary N) is 1. The highest BCUT2D eigenvalue weighted by Gasteiger charge is 2.40. The number of nitrogens with zero attached hydrogens (tertiary/aromatic N) is 2. The van der Waals surface area contributed by atoms with Gasteiger partial charge in [-0.15, -0.1) is 0 Å². The summed E-state index contributed by atoms with van der Waals surface area (Å²) in [4.78, 5) is 47.6. The predicted molar refractivity (Wildman–Crippen MR) is 55.2 cm³/mol. The molecule has 1 fully saturated rings. The molecule has 1 unspecified atom stereocenters. The average Bonchev–Trinajstić information content (AvgIpc) is 2.75. The van der Waals surface area contributed by atoms with Gasteiger partial charge in [0.1, 0.15) is 6.67 Å². The number of likely N-dealkylation sites (tertiary alicyclic amines) is 1. The zero-order valence-corrected chi connectivity index (χ0v) is 9.17. The maximum atomic E-state index is 11.7. The summed E-state index contributed by atoms with van der Waals surface area (Å²) < 4.78 is 0. The summed E-state index contributed by atoms with van der Waals surface area (Å²) in [5, 5.41) is 2.71. The first-order valence-corrected chi connectivity index (χ1v) is 5.09. The molecular weight excluding hydrogens is 226 g/mol. The SMILES string of the molecule is CNC1CC(=O)N(CN2C(=O)C=CC2=O)C1=O. The molecule has 0 aromatic rings. The van der Waals surface area contributed by atoms with Crippen LogP contribution in [0.5, 0.6) is 0 Å². The van der Waals surface area contributed by atoms with Gasteiger partial charge in [0.2, 0.25) is 11.8 Å². The number of hydrogen-bond acceptors (Lipinski definition) is 5. The van der Waals surface area contributed by atoms with Crippen molar-refractivity contribution < 1.29 is 19.2 Å². The van der Waals surface area contributed by atoms with Crippen molar-refractivity contribution in [1.82, 2.24) is 15.1 Å². The molecule has 0 aliphatic carbocycles. The maximum Gasteiger partial charge on any atom is 0.255 e. The van der Waals surface area contributed by atoms with E-state index in [1.165, 1.54) is 0 Å². The largest absolute Gasteiger partial charge is 0.308 e. The quantitative estimate of drug-likeness (QED) is 0.586. The molecule has 0 aromatic carbocycles. The average molecular weight is 237 g/mol. The van der Waals surface area contributed by atoms with Gasteiger partial charge in [-0.05, 0) is 7.05 Å². The minimum absolute atomic E-state index is 0.0545. The van der Waals surface area contributed by atoms with E-state index in [1.54, 1.807) is 7.05 Å². The molecule has 1 saturated heterocycles.